The van der Waals surface area contributed by atoms with E-state index in [9.17, 15) is 13.2 Å². The highest BCUT2D eigenvalue weighted by Gasteiger charge is 2.26. The Bertz CT molecular complexity index is 746. The number of carboxylic acid groups (broad SMARTS) is 1. The minimum absolute atomic E-state index is 0.0994. The lowest BCUT2D eigenvalue weighted by Crippen LogP contribution is -2.24. The molecule has 108 valence electrons. The lowest BCUT2D eigenvalue weighted by molar-refractivity contribution is 0.0698. The van der Waals surface area contributed by atoms with Crippen molar-refractivity contribution < 1.29 is 18.3 Å². The summed E-state index contributed by atoms with van der Waals surface area (Å²) in [5, 5.41) is 11.4. The van der Waals surface area contributed by atoms with Gasteiger partial charge >= 0.3 is 5.97 Å². The summed E-state index contributed by atoms with van der Waals surface area (Å²) in [6.07, 6.45) is 1.60. The van der Waals surface area contributed by atoms with Crippen molar-refractivity contribution >= 4 is 38.7 Å². The average Bonchev–Trinajstić information content (AvgIpc) is 2.93. The van der Waals surface area contributed by atoms with Crippen molar-refractivity contribution in [3.8, 4) is 0 Å². The molecule has 0 atom stereocenters. The van der Waals surface area contributed by atoms with E-state index < -0.39 is 16.0 Å². The molecule has 2 aromatic heterocycles. The number of hydrogen-bond donors (Lipinski definition) is 2. The molecule has 0 saturated carbocycles. The van der Waals surface area contributed by atoms with Crippen molar-refractivity contribution in [2.24, 2.45) is 0 Å². The van der Waals surface area contributed by atoms with Crippen LogP contribution < -0.4 is 4.72 Å². The van der Waals surface area contributed by atoms with Gasteiger partial charge in [0.25, 0.3) is 0 Å². The Hall–Kier alpha value is -1.29. The molecule has 2 rings (SSSR count). The number of carbonyl (C=O) groups is 1. The Morgan fingerprint density at radius 3 is 2.70 bits per heavy atom. The maximum Gasteiger partial charge on any atom is 0.347 e. The Labute approximate surface area is 124 Å². The average molecular weight is 332 g/mol. The predicted molar refractivity (Wildman–Crippen MR) is 76.9 cm³/mol. The Morgan fingerprint density at radius 1 is 1.45 bits per heavy atom. The second kappa shape index (κ2) is 5.60. The van der Waals surface area contributed by atoms with E-state index in [4.69, 9.17) is 5.11 Å². The van der Waals surface area contributed by atoms with Gasteiger partial charge in [-0.3, -0.25) is 0 Å². The van der Waals surface area contributed by atoms with Gasteiger partial charge in [0, 0.05) is 17.6 Å². The fraction of sp³-hybridized carbons (Fsp3) is 0.273. The predicted octanol–water partition coefficient (Wildman–Crippen LogP) is 2.00. The first-order chi connectivity index (χ1) is 9.31. The molecule has 2 aromatic rings. The summed E-state index contributed by atoms with van der Waals surface area (Å²) in [5.74, 6) is -1.24. The van der Waals surface area contributed by atoms with Crippen LogP contribution >= 0.6 is 22.7 Å². The second-order valence-corrected chi connectivity index (χ2v) is 7.96. The molecule has 0 radical (unpaired) electrons. The van der Waals surface area contributed by atoms with E-state index in [-0.39, 0.29) is 16.3 Å². The molecule has 0 spiro atoms. The molecule has 6 nitrogen and oxygen atoms in total. The molecule has 0 fully saturated rings. The van der Waals surface area contributed by atoms with Crippen LogP contribution in [0, 0.1) is 13.8 Å². The third kappa shape index (κ3) is 3.06. The topological polar surface area (TPSA) is 96.4 Å². The normalized spacial score (nSPS) is 11.7. The van der Waals surface area contributed by atoms with Crippen LogP contribution in [-0.4, -0.2) is 24.5 Å². The Balaban J connectivity index is 2.27. The molecule has 0 aliphatic heterocycles. The Morgan fingerprint density at radius 2 is 2.15 bits per heavy atom. The first-order valence-corrected chi connectivity index (χ1v) is 8.71. The number of rotatable bonds is 5. The van der Waals surface area contributed by atoms with Gasteiger partial charge < -0.3 is 5.11 Å². The van der Waals surface area contributed by atoms with Crippen LogP contribution in [0.15, 0.2) is 16.5 Å². The van der Waals surface area contributed by atoms with Crippen molar-refractivity contribution in [1.29, 1.82) is 0 Å². The molecule has 2 N–H and O–H groups in total. The standard InChI is InChI=1S/C11H12N2O4S3/c1-6-5-18-9(11(14)15)10(6)20(16,17)13-4-8-3-12-7(2)19-8/h3,5,13H,4H2,1-2H3,(H,14,15). The number of aryl methyl sites for hydroxylation is 2. The molecule has 0 aromatic carbocycles. The summed E-state index contributed by atoms with van der Waals surface area (Å²) in [6.45, 7) is 3.50. The number of thiazole rings is 1. The van der Waals surface area contributed by atoms with Crippen molar-refractivity contribution in [3.05, 3.63) is 31.9 Å². The lowest BCUT2D eigenvalue weighted by atomic mass is 10.3. The summed E-state index contributed by atoms with van der Waals surface area (Å²) in [7, 11) is -3.85. The number of thiophene rings is 1. The molecule has 0 aliphatic rings. The first kappa shape index (κ1) is 15.1. The zero-order valence-electron chi connectivity index (χ0n) is 10.7. The highest BCUT2D eigenvalue weighted by Crippen LogP contribution is 2.27. The van der Waals surface area contributed by atoms with E-state index in [1.807, 2.05) is 6.92 Å². The van der Waals surface area contributed by atoms with E-state index >= 15 is 0 Å². The van der Waals surface area contributed by atoms with E-state index in [0.717, 1.165) is 21.2 Å². The fourth-order valence-electron chi connectivity index (χ4n) is 1.64. The third-order valence-corrected chi connectivity index (χ3v) is 6.20. The summed E-state index contributed by atoms with van der Waals surface area (Å²) >= 11 is 2.30. The van der Waals surface area contributed by atoms with Gasteiger partial charge in [-0.05, 0) is 24.8 Å². The Kier molecular flexibility index (Phi) is 4.23. The smallest absolute Gasteiger partial charge is 0.347 e. The third-order valence-electron chi connectivity index (χ3n) is 2.49. The molecule has 20 heavy (non-hydrogen) atoms. The maximum absolute atomic E-state index is 12.2. The fourth-order valence-corrected chi connectivity index (χ4v) is 5.10. The molecule has 2 heterocycles. The number of nitrogens with one attached hydrogen (secondary N) is 1. The van der Waals surface area contributed by atoms with Crippen LogP contribution in [0.3, 0.4) is 0 Å². The van der Waals surface area contributed by atoms with Crippen LogP contribution in [0.1, 0.15) is 25.1 Å². The van der Waals surface area contributed by atoms with Crippen LogP contribution in [0.2, 0.25) is 0 Å². The highest BCUT2D eigenvalue weighted by molar-refractivity contribution is 7.89. The molecule has 0 bridgehead atoms. The number of nitrogens with zero attached hydrogens (tertiary/aromatic N) is 1. The summed E-state index contributed by atoms with van der Waals surface area (Å²) in [4.78, 5) is 15.6. The summed E-state index contributed by atoms with van der Waals surface area (Å²) in [6, 6.07) is 0. The number of aromatic nitrogens is 1. The molecule has 0 saturated heterocycles. The summed E-state index contributed by atoms with van der Waals surface area (Å²) < 4.78 is 26.9. The van der Waals surface area contributed by atoms with Crippen LogP contribution in [0.25, 0.3) is 0 Å². The molecular weight excluding hydrogens is 320 g/mol. The van der Waals surface area contributed by atoms with Gasteiger partial charge in [0.05, 0.1) is 5.01 Å². The molecule has 0 aliphatic carbocycles. The van der Waals surface area contributed by atoms with E-state index in [0.29, 0.717) is 5.56 Å². The van der Waals surface area contributed by atoms with Gasteiger partial charge in [0.15, 0.2) is 0 Å². The van der Waals surface area contributed by atoms with E-state index in [1.165, 1.54) is 16.7 Å². The number of hydrogen-bond acceptors (Lipinski definition) is 6. The largest absolute Gasteiger partial charge is 0.477 e. The lowest BCUT2D eigenvalue weighted by Gasteiger charge is -2.06. The summed E-state index contributed by atoms with van der Waals surface area (Å²) in [5.41, 5.74) is 0.431. The minimum atomic E-state index is -3.85. The quantitative estimate of drug-likeness (QED) is 0.873. The van der Waals surface area contributed by atoms with Gasteiger partial charge in [-0.1, -0.05) is 0 Å². The van der Waals surface area contributed by atoms with Crippen molar-refractivity contribution in [2.45, 2.75) is 25.3 Å². The van der Waals surface area contributed by atoms with Gasteiger partial charge in [-0.15, -0.1) is 22.7 Å². The molecule has 9 heteroatoms. The van der Waals surface area contributed by atoms with Gasteiger partial charge in [-0.2, -0.15) is 0 Å². The van der Waals surface area contributed by atoms with Crippen molar-refractivity contribution in [3.63, 3.8) is 0 Å². The molecule has 0 unspecified atom stereocenters. The SMILES string of the molecule is Cc1ncc(CNS(=O)(=O)c2c(C)csc2C(=O)O)s1. The zero-order valence-corrected chi connectivity index (χ0v) is 13.2. The first-order valence-electron chi connectivity index (χ1n) is 5.53. The maximum atomic E-state index is 12.2. The van der Waals surface area contributed by atoms with Gasteiger partial charge in [0.1, 0.15) is 9.77 Å². The van der Waals surface area contributed by atoms with Crippen LogP contribution in [-0.2, 0) is 16.6 Å². The number of aromatic carboxylic acids is 1. The monoisotopic (exact) mass is 332 g/mol. The molecule has 0 amide bonds. The van der Waals surface area contributed by atoms with Crippen LogP contribution in [0.5, 0.6) is 0 Å². The van der Waals surface area contributed by atoms with Crippen molar-refractivity contribution in [1.82, 2.24) is 9.71 Å². The van der Waals surface area contributed by atoms with E-state index in [2.05, 4.69) is 9.71 Å². The van der Waals surface area contributed by atoms with Crippen molar-refractivity contribution in [2.75, 3.05) is 0 Å². The zero-order chi connectivity index (χ0) is 14.9. The van der Waals surface area contributed by atoms with Gasteiger partial charge in [-0.25, -0.2) is 22.9 Å². The molecular formula is C11H12N2O4S3. The van der Waals surface area contributed by atoms with Gasteiger partial charge in [0.2, 0.25) is 10.0 Å². The number of sulfonamides is 1. The number of carboxylic acids is 1. The second-order valence-electron chi connectivity index (χ2n) is 4.05. The van der Waals surface area contributed by atoms with E-state index in [1.54, 1.807) is 13.1 Å². The minimum Gasteiger partial charge on any atom is -0.477 e. The van der Waals surface area contributed by atoms with Crippen LogP contribution in [0.4, 0.5) is 0 Å². The highest BCUT2D eigenvalue weighted by atomic mass is 32.2.